The fraction of sp³-hybridized carbons (Fsp3) is 0.571. The first-order valence-corrected chi connectivity index (χ1v) is 3.49. The maximum absolute atomic E-state index is 5.26. The summed E-state index contributed by atoms with van der Waals surface area (Å²) >= 11 is 0. The lowest BCUT2D eigenvalue weighted by molar-refractivity contribution is -0.127. The van der Waals surface area contributed by atoms with Gasteiger partial charge in [-0.3, -0.25) is 0 Å². The molecule has 2 rings (SSSR count). The molecule has 4 heteroatoms. The van der Waals surface area contributed by atoms with Crippen molar-refractivity contribution in [3.05, 3.63) is 18.6 Å². The standard InChI is InChI=1S/C7H9O4/c1-2-9-6(5-8-1)7-10-3-4-11-7/h3-4,7H,1-2,5H2. The van der Waals surface area contributed by atoms with E-state index in [1.54, 1.807) is 0 Å². The summed E-state index contributed by atoms with van der Waals surface area (Å²) in [6, 6.07) is 0. The Kier molecular flexibility index (Phi) is 1.96. The van der Waals surface area contributed by atoms with E-state index in [9.17, 15) is 0 Å². The average molecular weight is 157 g/mol. The quantitative estimate of drug-likeness (QED) is 0.552. The molecule has 0 N–H and O–H groups in total. The molecule has 0 amide bonds. The van der Waals surface area contributed by atoms with E-state index < -0.39 is 6.29 Å². The largest absolute Gasteiger partial charge is 0.456 e. The van der Waals surface area contributed by atoms with Crippen molar-refractivity contribution in [2.75, 3.05) is 19.8 Å². The molecule has 0 aromatic carbocycles. The Balaban J connectivity index is 1.83. The van der Waals surface area contributed by atoms with E-state index in [1.165, 1.54) is 12.5 Å². The van der Waals surface area contributed by atoms with E-state index in [4.69, 9.17) is 18.9 Å². The molecule has 0 bridgehead atoms. The number of hydrogen-bond donors (Lipinski definition) is 0. The molecule has 61 valence electrons. The SMILES string of the molecule is C1=COC([C]2COCCO2)O1. The first kappa shape index (κ1) is 6.94. The van der Waals surface area contributed by atoms with Crippen LogP contribution in [-0.4, -0.2) is 26.1 Å². The van der Waals surface area contributed by atoms with Crippen molar-refractivity contribution in [2.45, 2.75) is 6.29 Å². The summed E-state index contributed by atoms with van der Waals surface area (Å²) in [5, 5.41) is 0. The van der Waals surface area contributed by atoms with Crippen LogP contribution in [0.5, 0.6) is 0 Å². The van der Waals surface area contributed by atoms with Crippen LogP contribution in [0.1, 0.15) is 0 Å². The van der Waals surface area contributed by atoms with Gasteiger partial charge in [0.1, 0.15) is 12.5 Å². The lowest BCUT2D eigenvalue weighted by atomic mass is 10.3. The van der Waals surface area contributed by atoms with E-state index in [1.807, 2.05) is 0 Å². The molecule has 2 aliphatic rings. The summed E-state index contributed by atoms with van der Waals surface area (Å²) in [7, 11) is 0. The van der Waals surface area contributed by atoms with Gasteiger partial charge in [-0.2, -0.15) is 0 Å². The van der Waals surface area contributed by atoms with Gasteiger partial charge in [-0.25, -0.2) is 0 Å². The first-order valence-electron chi connectivity index (χ1n) is 3.49. The molecule has 1 saturated heterocycles. The molecule has 0 aliphatic carbocycles. The summed E-state index contributed by atoms with van der Waals surface area (Å²) < 4.78 is 20.5. The summed E-state index contributed by atoms with van der Waals surface area (Å²) in [6.07, 6.45) is 3.31. The zero-order valence-corrected chi connectivity index (χ0v) is 5.99. The summed E-state index contributed by atoms with van der Waals surface area (Å²) in [6.45, 7) is 1.69. The van der Waals surface area contributed by atoms with Crippen molar-refractivity contribution < 1.29 is 18.9 Å². The Labute approximate surface area is 64.7 Å². The molecule has 4 nitrogen and oxygen atoms in total. The number of hydrogen-bond acceptors (Lipinski definition) is 4. The Hall–Kier alpha value is -0.740. The molecule has 1 radical (unpaired) electrons. The summed E-state index contributed by atoms with van der Waals surface area (Å²) in [5.74, 6) is 0. The van der Waals surface area contributed by atoms with Crippen LogP contribution in [0.2, 0.25) is 0 Å². The van der Waals surface area contributed by atoms with E-state index in [0.717, 1.165) is 0 Å². The molecule has 11 heavy (non-hydrogen) atoms. The number of ether oxygens (including phenoxy) is 4. The van der Waals surface area contributed by atoms with E-state index in [0.29, 0.717) is 25.9 Å². The molecule has 0 atom stereocenters. The molecule has 0 spiro atoms. The highest BCUT2D eigenvalue weighted by Gasteiger charge is 2.30. The van der Waals surface area contributed by atoms with Crippen LogP contribution in [-0.2, 0) is 18.9 Å². The van der Waals surface area contributed by atoms with Crippen LogP contribution in [0.4, 0.5) is 0 Å². The van der Waals surface area contributed by atoms with Gasteiger partial charge in [0.15, 0.2) is 0 Å². The molecule has 0 unspecified atom stereocenters. The van der Waals surface area contributed by atoms with Crippen LogP contribution in [0.3, 0.4) is 0 Å². The molecule has 0 aromatic heterocycles. The van der Waals surface area contributed by atoms with Crippen molar-refractivity contribution in [3.8, 4) is 0 Å². The zero-order chi connectivity index (χ0) is 7.52. The Morgan fingerprint density at radius 2 is 2.00 bits per heavy atom. The normalized spacial score (nSPS) is 26.5. The van der Waals surface area contributed by atoms with Gasteiger partial charge >= 0.3 is 0 Å². The van der Waals surface area contributed by atoms with Crippen LogP contribution in [0.15, 0.2) is 12.5 Å². The topological polar surface area (TPSA) is 36.9 Å². The lowest BCUT2D eigenvalue weighted by Gasteiger charge is -2.24. The summed E-state index contributed by atoms with van der Waals surface area (Å²) in [4.78, 5) is 0. The highest BCUT2D eigenvalue weighted by molar-refractivity contribution is 4.90. The fourth-order valence-corrected chi connectivity index (χ4v) is 0.973. The van der Waals surface area contributed by atoms with Crippen LogP contribution in [0, 0.1) is 6.10 Å². The summed E-state index contributed by atoms with van der Waals surface area (Å²) in [5.41, 5.74) is 0. The van der Waals surface area contributed by atoms with E-state index in [2.05, 4.69) is 0 Å². The minimum absolute atomic E-state index is 0.393. The van der Waals surface area contributed by atoms with E-state index in [-0.39, 0.29) is 0 Å². The van der Waals surface area contributed by atoms with Crippen molar-refractivity contribution in [1.29, 1.82) is 0 Å². The molecular weight excluding hydrogens is 148 g/mol. The van der Waals surface area contributed by atoms with Crippen LogP contribution >= 0.6 is 0 Å². The third-order valence-corrected chi connectivity index (χ3v) is 1.48. The smallest absolute Gasteiger partial charge is 0.274 e. The van der Waals surface area contributed by atoms with Gasteiger partial charge in [0.2, 0.25) is 6.10 Å². The maximum atomic E-state index is 5.26. The van der Waals surface area contributed by atoms with Gasteiger partial charge in [-0.1, -0.05) is 0 Å². The second-order valence-corrected chi connectivity index (χ2v) is 2.24. The average Bonchev–Trinajstić information content (AvgIpc) is 2.58. The molecule has 2 aliphatic heterocycles. The van der Waals surface area contributed by atoms with Crippen LogP contribution < -0.4 is 0 Å². The molecule has 0 aromatic rings. The van der Waals surface area contributed by atoms with Crippen molar-refractivity contribution >= 4 is 0 Å². The fourth-order valence-electron chi connectivity index (χ4n) is 0.973. The minimum Gasteiger partial charge on any atom is -0.456 e. The lowest BCUT2D eigenvalue weighted by Crippen LogP contribution is -2.31. The molecule has 0 saturated carbocycles. The third-order valence-electron chi connectivity index (χ3n) is 1.48. The Bertz CT molecular complexity index is 143. The van der Waals surface area contributed by atoms with Gasteiger partial charge in [-0.05, 0) is 0 Å². The van der Waals surface area contributed by atoms with Gasteiger partial charge < -0.3 is 18.9 Å². The minimum atomic E-state index is -0.393. The van der Waals surface area contributed by atoms with Gasteiger partial charge in [-0.15, -0.1) is 0 Å². The highest BCUT2D eigenvalue weighted by atomic mass is 16.7. The monoisotopic (exact) mass is 157 g/mol. The molecule has 1 fully saturated rings. The predicted octanol–water partition coefficient (Wildman–Crippen LogP) is 0.409. The zero-order valence-electron chi connectivity index (χ0n) is 5.99. The van der Waals surface area contributed by atoms with Crippen molar-refractivity contribution in [3.63, 3.8) is 0 Å². The van der Waals surface area contributed by atoms with Gasteiger partial charge in [0.05, 0.1) is 19.8 Å². The molecular formula is C7H9O4. The highest BCUT2D eigenvalue weighted by Crippen LogP contribution is 2.21. The van der Waals surface area contributed by atoms with Gasteiger partial charge in [0, 0.05) is 0 Å². The van der Waals surface area contributed by atoms with Crippen molar-refractivity contribution in [1.82, 2.24) is 0 Å². The second-order valence-electron chi connectivity index (χ2n) is 2.24. The Morgan fingerprint density at radius 3 is 2.64 bits per heavy atom. The second kappa shape index (κ2) is 3.11. The third kappa shape index (κ3) is 1.46. The van der Waals surface area contributed by atoms with E-state index >= 15 is 0 Å². The Morgan fingerprint density at radius 1 is 1.18 bits per heavy atom. The maximum Gasteiger partial charge on any atom is 0.274 e. The first-order chi connectivity index (χ1) is 5.47. The van der Waals surface area contributed by atoms with Crippen LogP contribution in [0.25, 0.3) is 0 Å². The molecule has 2 heterocycles. The van der Waals surface area contributed by atoms with Crippen molar-refractivity contribution in [2.24, 2.45) is 0 Å². The number of rotatable bonds is 1. The predicted molar refractivity (Wildman–Crippen MR) is 35.1 cm³/mol. The van der Waals surface area contributed by atoms with Gasteiger partial charge in [0.25, 0.3) is 6.29 Å².